The van der Waals surface area contributed by atoms with Crippen molar-refractivity contribution in [1.29, 1.82) is 0 Å². The van der Waals surface area contributed by atoms with Gasteiger partial charge in [-0.15, -0.1) is 0 Å². The number of likely N-dealkylation sites (tertiary alicyclic amines) is 1. The summed E-state index contributed by atoms with van der Waals surface area (Å²) >= 11 is 0. The number of nitrogens with one attached hydrogen (secondary N) is 1. The first-order valence-electron chi connectivity index (χ1n) is 8.80. The van der Waals surface area contributed by atoms with Gasteiger partial charge < -0.3 is 0 Å². The minimum absolute atomic E-state index is 0.0126. The lowest BCUT2D eigenvalue weighted by molar-refractivity contribution is 0.200. The van der Waals surface area contributed by atoms with E-state index in [9.17, 15) is 8.42 Å². The molecule has 3 rings (SSSR count). The van der Waals surface area contributed by atoms with Gasteiger partial charge in [-0.05, 0) is 55.5 Å². The van der Waals surface area contributed by atoms with E-state index in [2.05, 4.69) is 33.9 Å². The van der Waals surface area contributed by atoms with E-state index in [0.29, 0.717) is 4.90 Å². The van der Waals surface area contributed by atoms with Gasteiger partial charge in [0.05, 0.1) is 4.90 Å². The largest absolute Gasteiger partial charge is 0.299 e. The zero-order valence-electron chi connectivity index (χ0n) is 14.9. The molecule has 1 aliphatic heterocycles. The highest BCUT2D eigenvalue weighted by Crippen LogP contribution is 2.18. The Morgan fingerprint density at radius 3 is 2.32 bits per heavy atom. The third-order valence-electron chi connectivity index (χ3n) is 4.95. The molecule has 1 aliphatic rings. The first-order chi connectivity index (χ1) is 11.9. The van der Waals surface area contributed by atoms with E-state index >= 15 is 0 Å². The summed E-state index contributed by atoms with van der Waals surface area (Å²) in [6.07, 6.45) is 1.69. The Bertz CT molecular complexity index is 811. The molecule has 0 atom stereocenters. The summed E-state index contributed by atoms with van der Waals surface area (Å²) in [6.45, 7) is 6.68. The third-order valence-corrected chi connectivity index (χ3v) is 6.47. The number of benzene rings is 2. The Balaban J connectivity index is 1.57. The van der Waals surface area contributed by atoms with Gasteiger partial charge in [0.15, 0.2) is 0 Å². The smallest absolute Gasteiger partial charge is 0.240 e. The number of rotatable bonds is 5. The van der Waals surface area contributed by atoms with Crippen LogP contribution in [0.4, 0.5) is 0 Å². The van der Waals surface area contributed by atoms with Gasteiger partial charge in [-0.25, -0.2) is 13.1 Å². The van der Waals surface area contributed by atoms with Crippen LogP contribution >= 0.6 is 0 Å². The molecular weight excluding hydrogens is 332 g/mol. The van der Waals surface area contributed by atoms with Gasteiger partial charge in [0.2, 0.25) is 10.0 Å². The third kappa shape index (κ3) is 4.69. The summed E-state index contributed by atoms with van der Waals surface area (Å²) in [7, 11) is -3.44. The first kappa shape index (κ1) is 18.1. The second-order valence-electron chi connectivity index (χ2n) is 6.90. The Morgan fingerprint density at radius 1 is 1.00 bits per heavy atom. The minimum atomic E-state index is -3.44. The maximum Gasteiger partial charge on any atom is 0.240 e. The topological polar surface area (TPSA) is 49.4 Å². The molecule has 0 spiro atoms. The van der Waals surface area contributed by atoms with Crippen molar-refractivity contribution < 1.29 is 8.42 Å². The first-order valence-corrected chi connectivity index (χ1v) is 10.3. The van der Waals surface area contributed by atoms with Crippen LogP contribution in [0.15, 0.2) is 53.4 Å². The standard InChI is InChI=1S/C20H26N2O2S/c1-16-8-9-20(14-17(16)2)25(23,24)21-19-10-12-22(13-11-19)15-18-6-4-3-5-7-18/h3-9,14,19,21H,10-13,15H2,1-2H3. The van der Waals surface area contributed by atoms with Crippen molar-refractivity contribution in [2.24, 2.45) is 0 Å². The summed E-state index contributed by atoms with van der Waals surface area (Å²) in [5.74, 6) is 0. The van der Waals surface area contributed by atoms with E-state index in [-0.39, 0.29) is 6.04 Å². The average Bonchev–Trinajstić information content (AvgIpc) is 2.60. The summed E-state index contributed by atoms with van der Waals surface area (Å²) in [6, 6.07) is 15.7. The van der Waals surface area contributed by atoms with Crippen LogP contribution in [-0.2, 0) is 16.6 Å². The molecular formula is C20H26N2O2S. The summed E-state index contributed by atoms with van der Waals surface area (Å²) in [5.41, 5.74) is 3.41. The normalized spacial score (nSPS) is 16.9. The molecule has 0 aromatic heterocycles. The van der Waals surface area contributed by atoms with Crippen molar-refractivity contribution in [3.8, 4) is 0 Å². The summed E-state index contributed by atoms with van der Waals surface area (Å²) in [4.78, 5) is 2.75. The molecule has 1 heterocycles. The van der Waals surface area contributed by atoms with E-state index in [4.69, 9.17) is 0 Å². The molecule has 25 heavy (non-hydrogen) atoms. The summed E-state index contributed by atoms with van der Waals surface area (Å²) < 4.78 is 28.1. The highest BCUT2D eigenvalue weighted by Gasteiger charge is 2.24. The van der Waals surface area contributed by atoms with Gasteiger partial charge in [0.25, 0.3) is 0 Å². The molecule has 2 aromatic rings. The fourth-order valence-electron chi connectivity index (χ4n) is 3.22. The van der Waals surface area contributed by atoms with E-state index < -0.39 is 10.0 Å². The Labute approximate surface area is 150 Å². The van der Waals surface area contributed by atoms with Crippen LogP contribution in [0.1, 0.15) is 29.5 Å². The minimum Gasteiger partial charge on any atom is -0.299 e. The molecule has 4 nitrogen and oxygen atoms in total. The van der Waals surface area contributed by atoms with Gasteiger partial charge in [-0.3, -0.25) is 4.90 Å². The maximum atomic E-state index is 12.6. The zero-order valence-corrected chi connectivity index (χ0v) is 15.7. The number of sulfonamides is 1. The highest BCUT2D eigenvalue weighted by molar-refractivity contribution is 7.89. The van der Waals surface area contributed by atoms with Crippen molar-refractivity contribution >= 4 is 10.0 Å². The molecule has 5 heteroatoms. The van der Waals surface area contributed by atoms with Gasteiger partial charge in [0.1, 0.15) is 0 Å². The van der Waals surface area contributed by atoms with Gasteiger partial charge in [-0.1, -0.05) is 36.4 Å². The fraction of sp³-hybridized carbons (Fsp3) is 0.400. The number of piperidine rings is 1. The molecule has 1 N–H and O–H groups in total. The van der Waals surface area contributed by atoms with E-state index in [1.807, 2.05) is 26.0 Å². The molecule has 0 bridgehead atoms. The Kier molecular flexibility index (Phi) is 5.57. The van der Waals surface area contributed by atoms with Gasteiger partial charge in [-0.2, -0.15) is 0 Å². The van der Waals surface area contributed by atoms with E-state index in [0.717, 1.165) is 43.6 Å². The van der Waals surface area contributed by atoms with Crippen LogP contribution in [0.5, 0.6) is 0 Å². The van der Waals surface area contributed by atoms with E-state index in [1.54, 1.807) is 12.1 Å². The van der Waals surface area contributed by atoms with Crippen molar-refractivity contribution in [3.63, 3.8) is 0 Å². The predicted octanol–water partition coefficient (Wildman–Crippen LogP) is 3.25. The van der Waals surface area contributed by atoms with Crippen molar-refractivity contribution in [2.75, 3.05) is 13.1 Å². The molecule has 0 radical (unpaired) electrons. The van der Waals surface area contributed by atoms with Crippen LogP contribution in [0, 0.1) is 13.8 Å². The summed E-state index contributed by atoms with van der Waals surface area (Å²) in [5, 5.41) is 0. The molecule has 0 aliphatic carbocycles. The molecule has 1 fully saturated rings. The zero-order chi connectivity index (χ0) is 17.9. The average molecular weight is 359 g/mol. The van der Waals surface area contributed by atoms with Crippen molar-refractivity contribution in [2.45, 2.75) is 44.2 Å². The maximum absolute atomic E-state index is 12.6. The Morgan fingerprint density at radius 2 is 1.68 bits per heavy atom. The lowest BCUT2D eigenvalue weighted by Gasteiger charge is -2.32. The van der Waals surface area contributed by atoms with Crippen LogP contribution in [-0.4, -0.2) is 32.4 Å². The monoisotopic (exact) mass is 358 g/mol. The molecule has 0 amide bonds. The lowest BCUT2D eigenvalue weighted by atomic mass is 10.1. The van der Waals surface area contributed by atoms with Crippen LogP contribution in [0.25, 0.3) is 0 Å². The lowest BCUT2D eigenvalue weighted by Crippen LogP contribution is -2.44. The molecule has 0 saturated carbocycles. The van der Waals surface area contributed by atoms with Crippen LogP contribution in [0.2, 0.25) is 0 Å². The van der Waals surface area contributed by atoms with E-state index in [1.165, 1.54) is 5.56 Å². The van der Waals surface area contributed by atoms with Gasteiger partial charge >= 0.3 is 0 Å². The second kappa shape index (κ2) is 7.68. The molecule has 2 aromatic carbocycles. The quantitative estimate of drug-likeness (QED) is 0.893. The number of nitrogens with zero attached hydrogens (tertiary/aromatic N) is 1. The predicted molar refractivity (Wildman–Crippen MR) is 101 cm³/mol. The molecule has 134 valence electrons. The fourth-order valence-corrected chi connectivity index (χ4v) is 4.61. The number of aryl methyl sites for hydroxylation is 2. The van der Waals surface area contributed by atoms with Crippen molar-refractivity contribution in [3.05, 3.63) is 65.2 Å². The van der Waals surface area contributed by atoms with Crippen LogP contribution < -0.4 is 4.72 Å². The Hall–Kier alpha value is -1.69. The second-order valence-corrected chi connectivity index (χ2v) is 8.62. The highest BCUT2D eigenvalue weighted by atomic mass is 32.2. The van der Waals surface area contributed by atoms with Crippen LogP contribution in [0.3, 0.4) is 0 Å². The van der Waals surface area contributed by atoms with Gasteiger partial charge in [0, 0.05) is 25.7 Å². The van der Waals surface area contributed by atoms with Crippen molar-refractivity contribution in [1.82, 2.24) is 9.62 Å². The SMILES string of the molecule is Cc1ccc(S(=O)(=O)NC2CCN(Cc3ccccc3)CC2)cc1C. The number of hydrogen-bond donors (Lipinski definition) is 1. The number of hydrogen-bond acceptors (Lipinski definition) is 3. The molecule has 0 unspecified atom stereocenters. The molecule has 1 saturated heterocycles.